The van der Waals surface area contributed by atoms with Crippen LogP contribution in [0.1, 0.15) is 50.6 Å². The monoisotopic (exact) mass is 470 g/mol. The van der Waals surface area contributed by atoms with Crippen molar-refractivity contribution in [2.24, 2.45) is 5.92 Å². The number of nitrogens with one attached hydrogen (secondary N) is 3. The van der Waals surface area contributed by atoms with Gasteiger partial charge in [0.25, 0.3) is 0 Å². The van der Waals surface area contributed by atoms with Gasteiger partial charge in [-0.3, -0.25) is 9.97 Å². The summed E-state index contributed by atoms with van der Waals surface area (Å²) in [7, 11) is -3.60. The molecule has 176 valence electrons. The van der Waals surface area contributed by atoms with E-state index in [9.17, 15) is 27.2 Å². The van der Waals surface area contributed by atoms with Gasteiger partial charge in [0.15, 0.2) is 11.6 Å². The lowest BCUT2D eigenvalue weighted by atomic mass is 10.1. The van der Waals surface area contributed by atoms with Crippen molar-refractivity contribution in [3.63, 3.8) is 0 Å². The van der Waals surface area contributed by atoms with E-state index in [4.69, 9.17) is 4.74 Å². The number of unbranched alkanes of at least 4 members (excludes halogenated alkanes) is 2. The first kappa shape index (κ1) is 23.9. The molecule has 1 aliphatic rings. The summed E-state index contributed by atoms with van der Waals surface area (Å²) < 4.78 is 47.7. The first-order chi connectivity index (χ1) is 15.1. The quantitative estimate of drug-likeness (QED) is 0.395. The van der Waals surface area contributed by atoms with Gasteiger partial charge in [0.1, 0.15) is 0 Å². The van der Waals surface area contributed by atoms with Crippen molar-refractivity contribution in [3.8, 4) is 5.75 Å². The molecule has 32 heavy (non-hydrogen) atoms. The highest BCUT2D eigenvalue weighted by atomic mass is 32.2. The lowest BCUT2D eigenvalue weighted by Crippen LogP contribution is -2.43. The van der Waals surface area contributed by atoms with Crippen LogP contribution in [0.4, 0.5) is 4.39 Å². The summed E-state index contributed by atoms with van der Waals surface area (Å²) in [6, 6.07) is 3.74. The largest absolute Gasteiger partial charge is 0.490 e. The molecule has 0 bridgehead atoms. The molecule has 0 aliphatic heterocycles. The molecule has 10 nitrogen and oxygen atoms in total. The van der Waals surface area contributed by atoms with E-state index in [1.807, 2.05) is 9.97 Å². The molecule has 3 rings (SSSR count). The molecule has 1 aromatic carbocycles. The van der Waals surface area contributed by atoms with Crippen LogP contribution < -0.4 is 26.5 Å². The number of sulfonamides is 1. The molecule has 3 N–H and O–H groups in total. The standard InChI is InChI=1S/C20H27FN4O6S/c1-13(15-7-8-16(21)17(11-15)31-12-14-5-6-14)24-32(29,30)10-4-2-3-9-25-19(27)22-18(26)23-20(25)28/h7-8,11,13-14,24H,2-6,9-10,12H2,1H3,(H2,22,23,26,27,28)/t13-/m1/s1. The van der Waals surface area contributed by atoms with E-state index < -0.39 is 39.0 Å². The second kappa shape index (κ2) is 10.3. The number of ether oxygens (including phenoxy) is 1. The van der Waals surface area contributed by atoms with Crippen molar-refractivity contribution >= 4 is 10.0 Å². The van der Waals surface area contributed by atoms with Crippen molar-refractivity contribution in [3.05, 3.63) is 61.0 Å². The van der Waals surface area contributed by atoms with E-state index in [-0.39, 0.29) is 18.0 Å². The van der Waals surface area contributed by atoms with Gasteiger partial charge in [0.2, 0.25) is 10.0 Å². The van der Waals surface area contributed by atoms with Gasteiger partial charge in [-0.25, -0.2) is 36.5 Å². The zero-order valence-electron chi connectivity index (χ0n) is 17.7. The molecule has 1 heterocycles. The van der Waals surface area contributed by atoms with Gasteiger partial charge in [-0.15, -0.1) is 0 Å². The fraction of sp³-hybridized carbons (Fsp3) is 0.550. The smallest absolute Gasteiger partial charge is 0.333 e. The topological polar surface area (TPSA) is 143 Å². The fourth-order valence-corrected chi connectivity index (χ4v) is 4.56. The molecule has 1 aliphatic carbocycles. The second-order valence-corrected chi connectivity index (χ2v) is 9.88. The molecule has 1 fully saturated rings. The Balaban J connectivity index is 1.47. The average Bonchev–Trinajstić information content (AvgIpc) is 3.52. The Labute approximate surface area is 183 Å². The van der Waals surface area contributed by atoms with Crippen molar-refractivity contribution < 1.29 is 17.5 Å². The first-order valence-corrected chi connectivity index (χ1v) is 12.2. The van der Waals surface area contributed by atoms with Gasteiger partial charge in [0.05, 0.1) is 12.4 Å². The Morgan fingerprint density at radius 3 is 2.50 bits per heavy atom. The molecule has 1 aromatic heterocycles. The normalized spacial score (nSPS) is 14.9. The van der Waals surface area contributed by atoms with Crippen molar-refractivity contribution in [2.75, 3.05) is 12.4 Å². The number of rotatable bonds is 12. The average molecular weight is 471 g/mol. The van der Waals surface area contributed by atoms with Crippen LogP contribution in [0, 0.1) is 11.7 Å². The molecule has 0 amide bonds. The summed E-state index contributed by atoms with van der Waals surface area (Å²) in [4.78, 5) is 38.2. The van der Waals surface area contributed by atoms with Crippen LogP contribution in [-0.2, 0) is 16.6 Å². The molecule has 1 saturated carbocycles. The molecular formula is C20H27FN4O6S. The maximum absolute atomic E-state index is 13.9. The summed E-state index contributed by atoms with van der Waals surface area (Å²) in [5, 5.41) is 0. The van der Waals surface area contributed by atoms with E-state index in [2.05, 4.69) is 4.72 Å². The number of halogens is 1. The minimum Gasteiger partial charge on any atom is -0.490 e. The summed E-state index contributed by atoms with van der Waals surface area (Å²) in [5.74, 6) is -0.0338. The highest BCUT2D eigenvalue weighted by Gasteiger charge is 2.23. The van der Waals surface area contributed by atoms with Crippen LogP contribution in [0.15, 0.2) is 32.6 Å². The predicted octanol–water partition coefficient (Wildman–Crippen LogP) is 1.00. The molecule has 12 heteroatoms. The van der Waals surface area contributed by atoms with Gasteiger partial charge in [-0.05, 0) is 56.2 Å². The van der Waals surface area contributed by atoms with Gasteiger partial charge in [-0.2, -0.15) is 0 Å². The van der Waals surface area contributed by atoms with Gasteiger partial charge < -0.3 is 4.74 Å². The summed E-state index contributed by atoms with van der Waals surface area (Å²) >= 11 is 0. The molecule has 0 saturated heterocycles. The molecular weight excluding hydrogens is 443 g/mol. The van der Waals surface area contributed by atoms with Crippen LogP contribution in [0.2, 0.25) is 0 Å². The van der Waals surface area contributed by atoms with Crippen molar-refractivity contribution in [2.45, 2.75) is 51.6 Å². The third kappa shape index (κ3) is 6.89. The predicted molar refractivity (Wildman–Crippen MR) is 116 cm³/mol. The Morgan fingerprint density at radius 1 is 1.16 bits per heavy atom. The summed E-state index contributed by atoms with van der Waals surface area (Å²) in [6.45, 7) is 2.19. The zero-order chi connectivity index (χ0) is 23.3. The molecule has 2 aromatic rings. The van der Waals surface area contributed by atoms with E-state index >= 15 is 0 Å². The summed E-state index contributed by atoms with van der Waals surface area (Å²) in [5.41, 5.74) is -1.88. The third-order valence-electron chi connectivity index (χ3n) is 5.21. The van der Waals surface area contributed by atoms with Crippen LogP contribution >= 0.6 is 0 Å². The number of aromatic amines is 2. The minimum atomic E-state index is -3.60. The zero-order valence-corrected chi connectivity index (χ0v) is 18.5. The number of hydrogen-bond donors (Lipinski definition) is 3. The van der Waals surface area contributed by atoms with Crippen LogP contribution in [0.25, 0.3) is 0 Å². The minimum absolute atomic E-state index is 0.0635. The van der Waals surface area contributed by atoms with Crippen molar-refractivity contribution in [1.82, 2.24) is 19.3 Å². The highest BCUT2D eigenvalue weighted by Crippen LogP contribution is 2.31. The van der Waals surface area contributed by atoms with Crippen LogP contribution in [0.3, 0.4) is 0 Å². The highest BCUT2D eigenvalue weighted by molar-refractivity contribution is 7.89. The molecule has 0 unspecified atom stereocenters. The molecule has 1 atom stereocenters. The summed E-state index contributed by atoms with van der Waals surface area (Å²) in [6.07, 6.45) is 3.32. The third-order valence-corrected chi connectivity index (χ3v) is 6.75. The lowest BCUT2D eigenvalue weighted by molar-refractivity contribution is 0.285. The van der Waals surface area contributed by atoms with E-state index in [1.165, 1.54) is 18.2 Å². The van der Waals surface area contributed by atoms with Crippen LogP contribution in [-0.4, -0.2) is 35.3 Å². The number of aromatic nitrogens is 3. The maximum Gasteiger partial charge on any atom is 0.333 e. The van der Waals surface area contributed by atoms with E-state index in [1.54, 1.807) is 6.92 Å². The maximum atomic E-state index is 13.9. The molecule has 0 spiro atoms. The Morgan fingerprint density at radius 2 is 1.84 bits per heavy atom. The number of benzene rings is 1. The molecule has 0 radical (unpaired) electrons. The van der Waals surface area contributed by atoms with Gasteiger partial charge in [0, 0.05) is 12.6 Å². The first-order valence-electron chi connectivity index (χ1n) is 10.5. The van der Waals surface area contributed by atoms with E-state index in [0.717, 1.165) is 17.4 Å². The Kier molecular flexibility index (Phi) is 7.67. The second-order valence-electron chi connectivity index (χ2n) is 8.00. The van der Waals surface area contributed by atoms with Crippen molar-refractivity contribution in [1.29, 1.82) is 0 Å². The number of hydrogen-bond acceptors (Lipinski definition) is 6. The number of H-pyrrole nitrogens is 2. The number of nitrogens with zero attached hydrogens (tertiary/aromatic N) is 1. The lowest BCUT2D eigenvalue weighted by Gasteiger charge is -2.16. The van der Waals surface area contributed by atoms with Crippen LogP contribution in [0.5, 0.6) is 5.75 Å². The fourth-order valence-electron chi connectivity index (χ4n) is 3.18. The van der Waals surface area contributed by atoms with E-state index in [0.29, 0.717) is 37.4 Å². The Bertz CT molecular complexity index is 1180. The Hall–Kier alpha value is -2.73. The SMILES string of the molecule is C[C@@H](NS(=O)(=O)CCCCCn1c(=O)[nH]c(=O)[nH]c1=O)c1ccc(F)c(OCC2CC2)c1. The van der Waals surface area contributed by atoms with Gasteiger partial charge in [-0.1, -0.05) is 12.5 Å². The van der Waals surface area contributed by atoms with Gasteiger partial charge >= 0.3 is 17.1 Å².